The molecule has 0 fully saturated rings. The van der Waals surface area contributed by atoms with Gasteiger partial charge in [0.25, 0.3) is 0 Å². The zero-order chi connectivity index (χ0) is 17.6. The van der Waals surface area contributed by atoms with Crippen molar-refractivity contribution in [3.63, 3.8) is 0 Å². The molecule has 0 bridgehead atoms. The Labute approximate surface area is 156 Å². The van der Waals surface area contributed by atoms with Crippen molar-refractivity contribution in [2.75, 3.05) is 11.1 Å². The monoisotopic (exact) mass is 368 g/mol. The molecule has 128 valence electrons. The summed E-state index contributed by atoms with van der Waals surface area (Å²) in [7, 11) is 0. The van der Waals surface area contributed by atoms with Crippen molar-refractivity contribution in [2.45, 2.75) is 24.6 Å². The van der Waals surface area contributed by atoms with E-state index < -0.39 is 0 Å². The standard InChI is InChI=1S/C20H20N2OS2/c1-14-8-10-17(11-9-14)22-19(23)13-24-20-21-15(2)18(25-20)12-16-6-4-3-5-7-16/h3-11H,12-13H2,1-2H3,(H,22,23). The molecule has 1 N–H and O–H groups in total. The van der Waals surface area contributed by atoms with Crippen LogP contribution in [0.2, 0.25) is 0 Å². The van der Waals surface area contributed by atoms with Gasteiger partial charge in [0.15, 0.2) is 4.34 Å². The minimum Gasteiger partial charge on any atom is -0.325 e. The average Bonchev–Trinajstić information content (AvgIpc) is 2.96. The molecule has 0 spiro atoms. The van der Waals surface area contributed by atoms with Crippen molar-refractivity contribution in [2.24, 2.45) is 0 Å². The summed E-state index contributed by atoms with van der Waals surface area (Å²) in [4.78, 5) is 18.0. The van der Waals surface area contributed by atoms with E-state index in [-0.39, 0.29) is 5.91 Å². The Morgan fingerprint density at radius 2 is 1.80 bits per heavy atom. The van der Waals surface area contributed by atoms with Gasteiger partial charge in [0, 0.05) is 17.0 Å². The molecule has 1 amide bonds. The number of aryl methyl sites for hydroxylation is 2. The number of aromatic nitrogens is 1. The van der Waals surface area contributed by atoms with Crippen LogP contribution in [-0.2, 0) is 11.2 Å². The van der Waals surface area contributed by atoms with E-state index in [2.05, 4.69) is 34.6 Å². The Morgan fingerprint density at radius 1 is 1.08 bits per heavy atom. The number of carbonyl (C=O) groups excluding carboxylic acids is 1. The maximum absolute atomic E-state index is 12.1. The molecule has 25 heavy (non-hydrogen) atoms. The van der Waals surface area contributed by atoms with Gasteiger partial charge in [0.05, 0.1) is 11.4 Å². The average molecular weight is 369 g/mol. The Morgan fingerprint density at radius 3 is 2.52 bits per heavy atom. The first-order valence-corrected chi connectivity index (χ1v) is 9.90. The Balaban J connectivity index is 1.55. The minimum absolute atomic E-state index is 0.00804. The Hall–Kier alpha value is -2.11. The molecule has 0 saturated heterocycles. The van der Waals surface area contributed by atoms with E-state index in [1.54, 1.807) is 11.3 Å². The van der Waals surface area contributed by atoms with E-state index in [4.69, 9.17) is 0 Å². The lowest BCUT2D eigenvalue weighted by Gasteiger charge is -2.04. The number of thiazole rings is 1. The molecule has 3 nitrogen and oxygen atoms in total. The lowest BCUT2D eigenvalue weighted by Crippen LogP contribution is -2.13. The maximum atomic E-state index is 12.1. The van der Waals surface area contributed by atoms with E-state index in [1.807, 2.05) is 44.2 Å². The highest BCUT2D eigenvalue weighted by atomic mass is 32.2. The highest BCUT2D eigenvalue weighted by molar-refractivity contribution is 8.01. The SMILES string of the molecule is Cc1ccc(NC(=O)CSc2nc(C)c(Cc3ccccc3)s2)cc1. The van der Waals surface area contributed by atoms with Gasteiger partial charge in [-0.1, -0.05) is 59.8 Å². The number of hydrogen-bond donors (Lipinski definition) is 1. The van der Waals surface area contributed by atoms with E-state index in [1.165, 1.54) is 27.8 Å². The third-order valence-electron chi connectivity index (χ3n) is 3.74. The van der Waals surface area contributed by atoms with Crippen molar-refractivity contribution in [1.82, 2.24) is 4.98 Å². The van der Waals surface area contributed by atoms with Crippen molar-refractivity contribution in [1.29, 1.82) is 0 Å². The van der Waals surface area contributed by atoms with Gasteiger partial charge < -0.3 is 5.32 Å². The molecule has 2 aromatic carbocycles. The lowest BCUT2D eigenvalue weighted by molar-refractivity contribution is -0.113. The number of benzene rings is 2. The summed E-state index contributed by atoms with van der Waals surface area (Å²) < 4.78 is 0.947. The van der Waals surface area contributed by atoms with Crippen LogP contribution in [0.15, 0.2) is 58.9 Å². The summed E-state index contributed by atoms with van der Waals surface area (Å²) in [5, 5.41) is 2.92. The molecule has 5 heteroatoms. The van der Waals surface area contributed by atoms with Crippen molar-refractivity contribution >= 4 is 34.7 Å². The molecule has 0 aliphatic carbocycles. The first-order valence-electron chi connectivity index (χ1n) is 8.10. The van der Waals surface area contributed by atoms with E-state index in [0.717, 1.165) is 22.1 Å². The van der Waals surface area contributed by atoms with Crippen LogP contribution in [0, 0.1) is 13.8 Å². The third kappa shape index (κ3) is 5.18. The largest absolute Gasteiger partial charge is 0.325 e. The maximum Gasteiger partial charge on any atom is 0.234 e. The molecule has 1 heterocycles. The second kappa shape index (κ2) is 8.32. The van der Waals surface area contributed by atoms with Gasteiger partial charge in [-0.05, 0) is 31.5 Å². The summed E-state index contributed by atoms with van der Waals surface area (Å²) in [6.45, 7) is 4.06. The fourth-order valence-corrected chi connectivity index (χ4v) is 4.44. The van der Waals surface area contributed by atoms with Gasteiger partial charge in [-0.2, -0.15) is 0 Å². The van der Waals surface area contributed by atoms with Crippen LogP contribution in [0.4, 0.5) is 5.69 Å². The summed E-state index contributed by atoms with van der Waals surface area (Å²) >= 11 is 3.17. The van der Waals surface area contributed by atoms with Crippen LogP contribution in [0.1, 0.15) is 21.7 Å². The van der Waals surface area contributed by atoms with Gasteiger partial charge in [-0.25, -0.2) is 4.98 Å². The van der Waals surface area contributed by atoms with Gasteiger partial charge in [-0.15, -0.1) is 11.3 Å². The van der Waals surface area contributed by atoms with Crippen LogP contribution in [0.25, 0.3) is 0 Å². The second-order valence-electron chi connectivity index (χ2n) is 5.85. The summed E-state index contributed by atoms with van der Waals surface area (Å²) in [5.74, 6) is 0.359. The highest BCUT2D eigenvalue weighted by Gasteiger charge is 2.11. The molecule has 0 radical (unpaired) electrons. The summed E-state index contributed by atoms with van der Waals surface area (Å²) in [6.07, 6.45) is 0.889. The lowest BCUT2D eigenvalue weighted by atomic mass is 10.1. The van der Waals surface area contributed by atoms with E-state index in [9.17, 15) is 4.79 Å². The number of carbonyl (C=O) groups is 1. The van der Waals surface area contributed by atoms with E-state index in [0.29, 0.717) is 5.75 Å². The molecule has 0 atom stereocenters. The molecule has 3 rings (SSSR count). The van der Waals surface area contributed by atoms with Crippen LogP contribution in [0.5, 0.6) is 0 Å². The second-order valence-corrected chi connectivity index (χ2v) is 8.16. The predicted molar refractivity (Wildman–Crippen MR) is 107 cm³/mol. The van der Waals surface area contributed by atoms with Gasteiger partial charge in [-0.3, -0.25) is 4.79 Å². The number of nitrogens with zero attached hydrogens (tertiary/aromatic N) is 1. The minimum atomic E-state index is -0.00804. The first kappa shape index (κ1) is 17.7. The molecule has 0 unspecified atom stereocenters. The van der Waals surface area contributed by atoms with Crippen LogP contribution < -0.4 is 5.32 Å². The summed E-state index contributed by atoms with van der Waals surface area (Å²) in [5.41, 5.74) is 4.34. The number of rotatable bonds is 6. The van der Waals surface area contributed by atoms with Crippen molar-refractivity contribution in [3.05, 3.63) is 76.3 Å². The molecule has 0 saturated carbocycles. The zero-order valence-electron chi connectivity index (χ0n) is 14.3. The van der Waals surface area contributed by atoms with Crippen LogP contribution in [-0.4, -0.2) is 16.6 Å². The van der Waals surface area contributed by atoms with Crippen molar-refractivity contribution < 1.29 is 4.79 Å². The molecular weight excluding hydrogens is 348 g/mol. The molecule has 3 aromatic rings. The molecule has 1 aromatic heterocycles. The van der Waals surface area contributed by atoms with Crippen molar-refractivity contribution in [3.8, 4) is 0 Å². The van der Waals surface area contributed by atoms with Crippen LogP contribution >= 0.6 is 23.1 Å². The quantitative estimate of drug-likeness (QED) is 0.617. The zero-order valence-corrected chi connectivity index (χ0v) is 15.9. The Kier molecular flexibility index (Phi) is 5.89. The summed E-state index contributed by atoms with van der Waals surface area (Å²) in [6, 6.07) is 18.2. The molecule has 0 aliphatic rings. The van der Waals surface area contributed by atoms with Gasteiger partial charge in [0.2, 0.25) is 5.91 Å². The third-order valence-corrected chi connectivity index (χ3v) is 6.04. The first-order chi connectivity index (χ1) is 12.1. The number of nitrogens with one attached hydrogen (secondary N) is 1. The van der Waals surface area contributed by atoms with Crippen LogP contribution in [0.3, 0.4) is 0 Å². The number of amides is 1. The van der Waals surface area contributed by atoms with Gasteiger partial charge in [0.1, 0.15) is 0 Å². The topological polar surface area (TPSA) is 42.0 Å². The van der Waals surface area contributed by atoms with E-state index >= 15 is 0 Å². The number of thioether (sulfide) groups is 1. The fraction of sp³-hybridized carbons (Fsp3) is 0.200. The highest BCUT2D eigenvalue weighted by Crippen LogP contribution is 2.29. The number of anilines is 1. The predicted octanol–water partition coefficient (Wildman–Crippen LogP) is 5.08. The number of hydrogen-bond acceptors (Lipinski definition) is 4. The molecule has 0 aliphatic heterocycles. The fourth-order valence-electron chi connectivity index (χ4n) is 2.37. The normalized spacial score (nSPS) is 10.6. The smallest absolute Gasteiger partial charge is 0.234 e. The van der Waals surface area contributed by atoms with Gasteiger partial charge >= 0.3 is 0 Å². The molecular formula is C20H20N2OS2. The Bertz CT molecular complexity index is 842.